The highest BCUT2D eigenvalue weighted by Crippen LogP contribution is 2.34. The maximum Gasteiger partial charge on any atom is 0.407 e. The normalized spacial score (nSPS) is 14.0. The molecule has 5 heterocycles. The van der Waals surface area contributed by atoms with Crippen molar-refractivity contribution in [3.8, 4) is 27.6 Å². The molecule has 1 aliphatic rings. The minimum atomic E-state index is -0.887. The predicted molar refractivity (Wildman–Crippen MR) is 121 cm³/mol. The summed E-state index contributed by atoms with van der Waals surface area (Å²) < 4.78 is 1.73. The molecule has 4 aromatic rings. The van der Waals surface area contributed by atoms with Crippen LogP contribution in [0.4, 0.5) is 10.6 Å². The van der Waals surface area contributed by atoms with E-state index in [1.54, 1.807) is 28.2 Å². The summed E-state index contributed by atoms with van der Waals surface area (Å²) in [6.07, 6.45) is 6.24. The Morgan fingerprint density at radius 3 is 2.56 bits per heavy atom. The summed E-state index contributed by atoms with van der Waals surface area (Å²) in [5.74, 6) is 0.804. The Morgan fingerprint density at radius 1 is 1.12 bits per heavy atom. The Balaban J connectivity index is 1.52. The molecule has 0 atom stereocenters. The van der Waals surface area contributed by atoms with Crippen LogP contribution in [0.1, 0.15) is 10.6 Å². The first-order valence-electron chi connectivity index (χ1n) is 10.1. The molecular formula is C22H19N7O2S. The van der Waals surface area contributed by atoms with Crippen LogP contribution < -0.4 is 4.90 Å². The molecule has 10 heteroatoms. The fraction of sp³-hybridized carbons (Fsp3) is 0.227. The van der Waals surface area contributed by atoms with Gasteiger partial charge >= 0.3 is 6.09 Å². The molecule has 0 aromatic carbocycles. The number of hydrogen-bond acceptors (Lipinski definition) is 7. The summed E-state index contributed by atoms with van der Waals surface area (Å²) in [4.78, 5) is 24.6. The number of carbonyl (C=O) groups is 1. The van der Waals surface area contributed by atoms with Gasteiger partial charge in [0.1, 0.15) is 11.9 Å². The molecule has 0 radical (unpaired) electrons. The van der Waals surface area contributed by atoms with Gasteiger partial charge in [0.25, 0.3) is 0 Å². The number of aromatic nitrogens is 4. The molecule has 1 fully saturated rings. The predicted octanol–water partition coefficient (Wildman–Crippen LogP) is 3.50. The minimum Gasteiger partial charge on any atom is -0.465 e. The zero-order valence-electron chi connectivity index (χ0n) is 17.3. The highest BCUT2D eigenvalue weighted by atomic mass is 32.1. The van der Waals surface area contributed by atoms with Crippen molar-refractivity contribution in [1.82, 2.24) is 24.5 Å². The quantitative estimate of drug-likeness (QED) is 0.514. The Morgan fingerprint density at radius 2 is 1.94 bits per heavy atom. The standard InChI is InChI=1S/C22H19N7O2S/c1-14-24-12-19(32-14)16-8-18(21-17(9-23)11-26-29(21)13-16)15-2-3-20(25-10-15)27-4-6-28(7-5-27)22(30)31/h2-3,8,10-13H,4-7H2,1H3,(H,30,31). The summed E-state index contributed by atoms with van der Waals surface area (Å²) in [6, 6.07) is 8.20. The summed E-state index contributed by atoms with van der Waals surface area (Å²) in [5, 5.41) is 24.1. The fourth-order valence-corrected chi connectivity index (χ4v) is 4.67. The lowest BCUT2D eigenvalue weighted by molar-refractivity contribution is 0.142. The molecule has 9 nitrogen and oxygen atoms in total. The van der Waals surface area contributed by atoms with E-state index in [2.05, 4.69) is 26.0 Å². The van der Waals surface area contributed by atoms with E-state index in [9.17, 15) is 10.1 Å². The van der Waals surface area contributed by atoms with Crippen LogP contribution in [0.3, 0.4) is 0 Å². The highest BCUT2D eigenvalue weighted by Gasteiger charge is 2.21. The molecular weight excluding hydrogens is 426 g/mol. The zero-order valence-corrected chi connectivity index (χ0v) is 18.1. The Kier molecular flexibility index (Phi) is 4.95. The summed E-state index contributed by atoms with van der Waals surface area (Å²) in [7, 11) is 0. The Labute approximate surface area is 187 Å². The molecule has 1 N–H and O–H groups in total. The first-order valence-corrected chi connectivity index (χ1v) is 10.9. The van der Waals surface area contributed by atoms with Crippen molar-refractivity contribution >= 4 is 28.8 Å². The maximum atomic E-state index is 11.1. The van der Waals surface area contributed by atoms with Crippen LogP contribution in [-0.4, -0.2) is 61.9 Å². The van der Waals surface area contributed by atoms with Gasteiger partial charge in [-0.15, -0.1) is 11.3 Å². The number of fused-ring (bicyclic) bond motifs is 1. The van der Waals surface area contributed by atoms with Crippen LogP contribution >= 0.6 is 11.3 Å². The maximum absolute atomic E-state index is 11.1. The summed E-state index contributed by atoms with van der Waals surface area (Å²) in [5.41, 5.74) is 3.96. The van der Waals surface area contributed by atoms with Crippen molar-refractivity contribution < 1.29 is 9.90 Å². The number of aryl methyl sites for hydroxylation is 1. The van der Waals surface area contributed by atoms with Crippen LogP contribution in [0.5, 0.6) is 0 Å². The second-order valence-electron chi connectivity index (χ2n) is 7.51. The van der Waals surface area contributed by atoms with Crippen LogP contribution in [0.15, 0.2) is 43.0 Å². The topological polar surface area (TPSA) is 111 Å². The molecule has 1 aliphatic heterocycles. The average molecular weight is 446 g/mol. The van der Waals surface area contributed by atoms with E-state index in [0.29, 0.717) is 31.7 Å². The molecule has 0 unspecified atom stereocenters. The summed E-state index contributed by atoms with van der Waals surface area (Å²) in [6.45, 7) is 4.08. The van der Waals surface area contributed by atoms with Crippen LogP contribution in [0.2, 0.25) is 0 Å². The third kappa shape index (κ3) is 3.52. The number of thiazole rings is 1. The lowest BCUT2D eigenvalue weighted by Crippen LogP contribution is -2.48. The second kappa shape index (κ2) is 7.94. The van der Waals surface area contributed by atoms with E-state index in [1.807, 2.05) is 37.5 Å². The number of anilines is 1. The van der Waals surface area contributed by atoms with Crippen molar-refractivity contribution in [3.63, 3.8) is 0 Å². The number of amides is 1. The largest absolute Gasteiger partial charge is 0.465 e. The van der Waals surface area contributed by atoms with Gasteiger partial charge in [-0.3, -0.25) is 0 Å². The third-order valence-electron chi connectivity index (χ3n) is 5.57. The average Bonchev–Trinajstić information content (AvgIpc) is 3.44. The molecule has 0 bridgehead atoms. The van der Waals surface area contributed by atoms with Gasteiger partial charge in [-0.1, -0.05) is 0 Å². The van der Waals surface area contributed by atoms with E-state index in [-0.39, 0.29) is 0 Å². The molecule has 1 saturated heterocycles. The van der Waals surface area contributed by atoms with Crippen molar-refractivity contribution in [2.24, 2.45) is 0 Å². The third-order valence-corrected chi connectivity index (χ3v) is 6.53. The zero-order chi connectivity index (χ0) is 22.2. The van der Waals surface area contributed by atoms with Crippen molar-refractivity contribution in [2.75, 3.05) is 31.1 Å². The number of carboxylic acid groups (broad SMARTS) is 1. The molecule has 0 saturated carbocycles. The van der Waals surface area contributed by atoms with Gasteiger partial charge in [0, 0.05) is 61.5 Å². The molecule has 5 rings (SSSR count). The van der Waals surface area contributed by atoms with Gasteiger partial charge in [0.15, 0.2) is 0 Å². The van der Waals surface area contributed by atoms with Crippen LogP contribution in [-0.2, 0) is 0 Å². The van der Waals surface area contributed by atoms with E-state index >= 15 is 0 Å². The van der Waals surface area contributed by atoms with Crippen molar-refractivity contribution in [2.45, 2.75) is 6.92 Å². The van der Waals surface area contributed by atoms with Crippen LogP contribution in [0, 0.1) is 18.3 Å². The lowest BCUT2D eigenvalue weighted by Gasteiger charge is -2.33. The number of piperazine rings is 1. The van der Waals surface area contributed by atoms with Crippen LogP contribution in [0.25, 0.3) is 27.1 Å². The second-order valence-corrected chi connectivity index (χ2v) is 8.75. The first kappa shape index (κ1) is 20.0. The van der Waals surface area contributed by atoms with Gasteiger partial charge in [-0.25, -0.2) is 19.3 Å². The number of nitriles is 1. The fourth-order valence-electron chi connectivity index (χ4n) is 3.91. The van der Waals surface area contributed by atoms with Gasteiger partial charge in [0.2, 0.25) is 0 Å². The number of nitrogens with zero attached hydrogens (tertiary/aromatic N) is 7. The van der Waals surface area contributed by atoms with Gasteiger partial charge in [-0.05, 0) is 25.1 Å². The number of hydrogen-bond donors (Lipinski definition) is 1. The van der Waals surface area contributed by atoms with Gasteiger partial charge in [-0.2, -0.15) is 10.4 Å². The van der Waals surface area contributed by atoms with Gasteiger partial charge < -0.3 is 14.9 Å². The monoisotopic (exact) mass is 445 g/mol. The van der Waals surface area contributed by atoms with Gasteiger partial charge in [0.05, 0.1) is 27.2 Å². The molecule has 160 valence electrons. The van der Waals surface area contributed by atoms with E-state index < -0.39 is 6.09 Å². The molecule has 32 heavy (non-hydrogen) atoms. The highest BCUT2D eigenvalue weighted by molar-refractivity contribution is 7.15. The van der Waals surface area contributed by atoms with E-state index in [4.69, 9.17) is 5.11 Å². The minimum absolute atomic E-state index is 0.455. The molecule has 4 aromatic heterocycles. The van der Waals surface area contributed by atoms with Crippen molar-refractivity contribution in [3.05, 3.63) is 53.6 Å². The first-order chi connectivity index (χ1) is 15.5. The number of pyridine rings is 2. The SMILES string of the molecule is Cc1ncc(-c2cc(-c3ccc(N4CCN(C(=O)O)CC4)nc3)c3c(C#N)cnn3c2)s1. The molecule has 0 spiro atoms. The van der Waals surface area contributed by atoms with E-state index in [0.717, 1.165) is 37.9 Å². The van der Waals surface area contributed by atoms with Crippen molar-refractivity contribution in [1.29, 1.82) is 5.26 Å². The van der Waals surface area contributed by atoms with E-state index in [1.165, 1.54) is 4.90 Å². The molecule has 0 aliphatic carbocycles. The lowest BCUT2D eigenvalue weighted by atomic mass is 10.0. The summed E-state index contributed by atoms with van der Waals surface area (Å²) >= 11 is 1.60. The Hall–Kier alpha value is -3.97. The number of rotatable bonds is 3. The smallest absolute Gasteiger partial charge is 0.407 e. The molecule has 1 amide bonds. The Bertz CT molecular complexity index is 1350.